The van der Waals surface area contributed by atoms with Gasteiger partial charge in [0.1, 0.15) is 5.75 Å². The van der Waals surface area contributed by atoms with Gasteiger partial charge in [0.15, 0.2) is 0 Å². The Balaban J connectivity index is 1.77. The number of ether oxygens (including phenoxy) is 1. The Morgan fingerprint density at radius 2 is 2.18 bits per heavy atom. The zero-order valence-electron chi connectivity index (χ0n) is 13.0. The van der Waals surface area contributed by atoms with E-state index in [0.717, 1.165) is 12.8 Å². The van der Waals surface area contributed by atoms with Gasteiger partial charge in [0.25, 0.3) is 5.91 Å². The smallest absolute Gasteiger partial charge is 0.257 e. The second kappa shape index (κ2) is 5.74. The summed E-state index contributed by atoms with van der Waals surface area (Å²) in [5, 5.41) is 11.4. The van der Waals surface area contributed by atoms with E-state index < -0.39 is 5.60 Å². The number of likely N-dealkylation sites (tertiary alicyclic amines) is 1. The Hall–Kier alpha value is -1.26. The van der Waals surface area contributed by atoms with Gasteiger partial charge in [0, 0.05) is 24.0 Å². The molecule has 22 heavy (non-hydrogen) atoms. The van der Waals surface area contributed by atoms with Crippen molar-refractivity contribution in [3.05, 3.63) is 28.8 Å². The zero-order chi connectivity index (χ0) is 15.9. The van der Waals surface area contributed by atoms with Crippen LogP contribution in [0.5, 0.6) is 5.75 Å². The lowest BCUT2D eigenvalue weighted by Crippen LogP contribution is -2.53. The monoisotopic (exact) mass is 323 g/mol. The molecule has 2 fully saturated rings. The van der Waals surface area contributed by atoms with E-state index >= 15 is 0 Å². The van der Waals surface area contributed by atoms with E-state index in [4.69, 9.17) is 16.3 Å². The molecule has 0 bridgehead atoms. The normalized spacial score (nSPS) is 28.5. The van der Waals surface area contributed by atoms with Gasteiger partial charge >= 0.3 is 0 Å². The molecule has 1 saturated carbocycles. The van der Waals surface area contributed by atoms with E-state index in [2.05, 4.69) is 0 Å². The number of methoxy groups -OCH3 is 1. The topological polar surface area (TPSA) is 49.8 Å². The SMILES string of the molecule is COc1cc(Cl)ccc1C(=O)N1CC[C@@](O)(C2CC2)[C@H](C)C1. The van der Waals surface area contributed by atoms with Crippen molar-refractivity contribution in [2.24, 2.45) is 11.8 Å². The maximum atomic E-state index is 12.8. The molecule has 120 valence electrons. The Labute approximate surface area is 136 Å². The average molecular weight is 324 g/mol. The third-order valence-electron chi connectivity index (χ3n) is 5.10. The number of hydrogen-bond donors (Lipinski definition) is 1. The highest BCUT2D eigenvalue weighted by Gasteiger charge is 2.50. The van der Waals surface area contributed by atoms with Crippen LogP contribution in [0.4, 0.5) is 0 Å². The summed E-state index contributed by atoms with van der Waals surface area (Å²) < 4.78 is 5.27. The maximum Gasteiger partial charge on any atom is 0.257 e. The second-order valence-corrected chi connectivity index (χ2v) is 6.95. The minimum atomic E-state index is -0.596. The summed E-state index contributed by atoms with van der Waals surface area (Å²) >= 11 is 5.95. The van der Waals surface area contributed by atoms with Gasteiger partial charge in [0.2, 0.25) is 0 Å². The van der Waals surface area contributed by atoms with Gasteiger partial charge in [-0.05, 0) is 43.4 Å². The van der Waals surface area contributed by atoms with Crippen molar-refractivity contribution in [2.45, 2.75) is 31.8 Å². The van der Waals surface area contributed by atoms with Crippen molar-refractivity contribution in [3.63, 3.8) is 0 Å². The number of benzene rings is 1. The fourth-order valence-corrected chi connectivity index (χ4v) is 3.69. The van der Waals surface area contributed by atoms with Crippen LogP contribution in [-0.2, 0) is 0 Å². The largest absolute Gasteiger partial charge is 0.496 e. The molecule has 2 aliphatic rings. The number of rotatable bonds is 3. The molecule has 3 rings (SSSR count). The van der Waals surface area contributed by atoms with Gasteiger partial charge in [-0.2, -0.15) is 0 Å². The lowest BCUT2D eigenvalue weighted by atomic mass is 9.78. The summed E-state index contributed by atoms with van der Waals surface area (Å²) in [7, 11) is 1.53. The van der Waals surface area contributed by atoms with Crippen LogP contribution in [0, 0.1) is 11.8 Å². The van der Waals surface area contributed by atoms with Crippen LogP contribution in [0.2, 0.25) is 5.02 Å². The molecule has 1 aromatic rings. The summed E-state index contributed by atoms with van der Waals surface area (Å²) in [6.07, 6.45) is 2.88. The summed E-state index contributed by atoms with van der Waals surface area (Å²) in [6.45, 7) is 3.20. The predicted molar refractivity (Wildman–Crippen MR) is 85.4 cm³/mol. The lowest BCUT2D eigenvalue weighted by Gasteiger charge is -2.43. The Morgan fingerprint density at radius 3 is 2.77 bits per heavy atom. The predicted octanol–water partition coefficient (Wildman–Crippen LogP) is 2.97. The van der Waals surface area contributed by atoms with Crippen molar-refractivity contribution in [1.82, 2.24) is 4.90 Å². The molecule has 0 spiro atoms. The van der Waals surface area contributed by atoms with E-state index in [-0.39, 0.29) is 11.8 Å². The number of carbonyl (C=O) groups is 1. The first-order chi connectivity index (χ1) is 10.5. The highest BCUT2D eigenvalue weighted by atomic mass is 35.5. The van der Waals surface area contributed by atoms with E-state index in [1.165, 1.54) is 7.11 Å². The van der Waals surface area contributed by atoms with Gasteiger partial charge in [-0.1, -0.05) is 18.5 Å². The van der Waals surface area contributed by atoms with Gasteiger partial charge in [-0.15, -0.1) is 0 Å². The Kier molecular flexibility index (Phi) is 4.08. The second-order valence-electron chi connectivity index (χ2n) is 6.51. The Bertz CT molecular complexity index is 587. The van der Waals surface area contributed by atoms with Crippen LogP contribution >= 0.6 is 11.6 Å². The van der Waals surface area contributed by atoms with Crippen molar-refractivity contribution >= 4 is 17.5 Å². The molecule has 0 aromatic heterocycles. The molecule has 1 N–H and O–H groups in total. The van der Waals surface area contributed by atoms with Crippen LogP contribution in [0.15, 0.2) is 18.2 Å². The number of carbonyl (C=O) groups excluding carboxylic acids is 1. The summed E-state index contributed by atoms with van der Waals surface area (Å²) in [5.41, 5.74) is -0.0723. The van der Waals surface area contributed by atoms with Crippen LogP contribution in [0.25, 0.3) is 0 Å². The Morgan fingerprint density at radius 1 is 1.45 bits per heavy atom. The summed E-state index contributed by atoms with van der Waals surface area (Å²) in [6, 6.07) is 5.06. The molecule has 1 saturated heterocycles. The lowest BCUT2D eigenvalue weighted by molar-refractivity contribution is -0.0752. The molecule has 1 heterocycles. The van der Waals surface area contributed by atoms with E-state index in [9.17, 15) is 9.90 Å². The third kappa shape index (κ3) is 2.70. The van der Waals surface area contributed by atoms with Crippen LogP contribution in [0.3, 0.4) is 0 Å². The molecule has 1 aromatic carbocycles. The molecule has 0 radical (unpaired) electrons. The minimum Gasteiger partial charge on any atom is -0.496 e. The number of nitrogens with zero attached hydrogens (tertiary/aromatic N) is 1. The standard InChI is InChI=1S/C17H22ClNO3/c1-11-10-19(8-7-17(11,21)12-3-4-12)16(20)14-6-5-13(18)9-15(14)22-2/h5-6,9,11-12,21H,3-4,7-8,10H2,1-2H3/t11-,17+/m1/s1. The number of aliphatic hydroxyl groups is 1. The first-order valence-corrected chi connectivity index (χ1v) is 8.18. The number of amides is 1. The van der Waals surface area contributed by atoms with Crippen molar-refractivity contribution in [2.75, 3.05) is 20.2 Å². The zero-order valence-corrected chi connectivity index (χ0v) is 13.8. The molecule has 4 nitrogen and oxygen atoms in total. The molecule has 5 heteroatoms. The van der Waals surface area contributed by atoms with Crippen LogP contribution in [-0.4, -0.2) is 41.7 Å². The van der Waals surface area contributed by atoms with Gasteiger partial charge < -0.3 is 14.7 Å². The molecule has 1 amide bonds. The van der Waals surface area contributed by atoms with E-state index in [0.29, 0.717) is 41.8 Å². The first kappa shape index (κ1) is 15.6. The fourth-order valence-electron chi connectivity index (χ4n) is 3.53. The molecule has 0 unspecified atom stereocenters. The number of halogens is 1. The van der Waals surface area contributed by atoms with Crippen LogP contribution in [0.1, 0.15) is 36.5 Å². The highest BCUT2D eigenvalue weighted by molar-refractivity contribution is 6.30. The van der Waals surface area contributed by atoms with Gasteiger partial charge in [0.05, 0.1) is 18.3 Å². The maximum absolute atomic E-state index is 12.8. The molecular weight excluding hydrogens is 302 g/mol. The molecule has 1 aliphatic carbocycles. The molecule has 2 atom stereocenters. The minimum absolute atomic E-state index is 0.0572. The van der Waals surface area contributed by atoms with Gasteiger partial charge in [-0.3, -0.25) is 4.79 Å². The third-order valence-corrected chi connectivity index (χ3v) is 5.33. The van der Waals surface area contributed by atoms with Crippen LogP contribution < -0.4 is 4.74 Å². The van der Waals surface area contributed by atoms with Crippen molar-refractivity contribution in [1.29, 1.82) is 0 Å². The van der Waals surface area contributed by atoms with E-state index in [1.807, 2.05) is 11.8 Å². The number of hydrogen-bond acceptors (Lipinski definition) is 3. The van der Waals surface area contributed by atoms with Gasteiger partial charge in [-0.25, -0.2) is 0 Å². The summed E-state index contributed by atoms with van der Waals surface area (Å²) in [5.74, 6) is 0.951. The molecular formula is C17H22ClNO3. The average Bonchev–Trinajstić information content (AvgIpc) is 3.34. The van der Waals surface area contributed by atoms with Crippen molar-refractivity contribution < 1.29 is 14.6 Å². The quantitative estimate of drug-likeness (QED) is 0.930. The van der Waals surface area contributed by atoms with Crippen molar-refractivity contribution in [3.8, 4) is 5.75 Å². The summed E-state index contributed by atoms with van der Waals surface area (Å²) in [4.78, 5) is 14.6. The fraction of sp³-hybridized carbons (Fsp3) is 0.588. The first-order valence-electron chi connectivity index (χ1n) is 7.81. The molecule has 1 aliphatic heterocycles. The number of piperidine rings is 1. The van der Waals surface area contributed by atoms with E-state index in [1.54, 1.807) is 18.2 Å². The highest BCUT2D eigenvalue weighted by Crippen LogP contribution is 2.47.